The number of aliphatic hydroxyl groups excluding tert-OH is 1. The molecule has 2 aromatic rings. The van der Waals surface area contributed by atoms with Gasteiger partial charge in [-0.25, -0.2) is 4.98 Å². The van der Waals surface area contributed by atoms with Crippen molar-refractivity contribution in [3.8, 4) is 11.8 Å². The number of hydrogen-bond donors (Lipinski definition) is 1. The highest BCUT2D eigenvalue weighted by atomic mass is 32.1. The fourth-order valence-corrected chi connectivity index (χ4v) is 3.38. The van der Waals surface area contributed by atoms with Crippen molar-refractivity contribution in [2.75, 3.05) is 13.7 Å². The number of aromatic nitrogens is 1. The summed E-state index contributed by atoms with van der Waals surface area (Å²) >= 11 is 2.94. The lowest BCUT2D eigenvalue weighted by Gasteiger charge is -2.15. The molecule has 0 saturated carbocycles. The zero-order valence-electron chi connectivity index (χ0n) is 11.9. The number of aliphatic hydroxyl groups is 1. The first kappa shape index (κ1) is 15.7. The van der Waals surface area contributed by atoms with Crippen LogP contribution in [-0.2, 0) is 6.54 Å². The summed E-state index contributed by atoms with van der Waals surface area (Å²) in [5, 5.41) is 8.69. The van der Waals surface area contributed by atoms with Crippen molar-refractivity contribution < 1.29 is 9.90 Å². The molecule has 1 amide bonds. The van der Waals surface area contributed by atoms with E-state index in [1.807, 2.05) is 13.0 Å². The van der Waals surface area contributed by atoms with Gasteiger partial charge in [-0.1, -0.05) is 11.8 Å². The molecule has 0 saturated heterocycles. The Morgan fingerprint density at radius 3 is 2.95 bits per heavy atom. The molecule has 1 N–H and O–H groups in total. The molecule has 2 rings (SSSR count). The molecule has 4 nitrogen and oxygen atoms in total. The van der Waals surface area contributed by atoms with Gasteiger partial charge < -0.3 is 10.0 Å². The van der Waals surface area contributed by atoms with Crippen molar-refractivity contribution in [3.05, 3.63) is 38.0 Å². The van der Waals surface area contributed by atoms with Crippen LogP contribution in [0.5, 0.6) is 0 Å². The van der Waals surface area contributed by atoms with Crippen LogP contribution in [0, 0.1) is 18.8 Å². The molecule has 2 aromatic heterocycles. The Morgan fingerprint density at radius 2 is 2.29 bits per heavy atom. The van der Waals surface area contributed by atoms with Crippen molar-refractivity contribution in [1.82, 2.24) is 9.88 Å². The zero-order chi connectivity index (χ0) is 15.2. The monoisotopic (exact) mass is 320 g/mol. The molecule has 0 aliphatic carbocycles. The van der Waals surface area contributed by atoms with Crippen LogP contribution >= 0.6 is 22.7 Å². The average molecular weight is 320 g/mol. The summed E-state index contributed by atoms with van der Waals surface area (Å²) in [6, 6.07) is 3.64. The number of carbonyl (C=O) groups excluding carboxylic acids is 1. The predicted octanol–water partition coefficient (Wildman–Crippen LogP) is 2.52. The molecule has 0 aromatic carbocycles. The Labute approximate surface area is 132 Å². The number of thiazole rings is 1. The lowest BCUT2D eigenvalue weighted by molar-refractivity contribution is 0.0791. The van der Waals surface area contributed by atoms with E-state index in [4.69, 9.17) is 5.11 Å². The average Bonchev–Trinajstić information content (AvgIpc) is 3.08. The third-order valence-electron chi connectivity index (χ3n) is 2.84. The largest absolute Gasteiger partial charge is 0.395 e. The SMILES string of the molecule is Cc1ncsc1CN(C)C(=O)c1ccc(C#CCCO)s1. The van der Waals surface area contributed by atoms with Crippen molar-refractivity contribution in [2.24, 2.45) is 0 Å². The molecule has 110 valence electrons. The maximum Gasteiger partial charge on any atom is 0.264 e. The van der Waals surface area contributed by atoms with Crippen molar-refractivity contribution >= 4 is 28.6 Å². The van der Waals surface area contributed by atoms with E-state index in [1.54, 1.807) is 34.9 Å². The summed E-state index contributed by atoms with van der Waals surface area (Å²) in [7, 11) is 1.79. The van der Waals surface area contributed by atoms with Gasteiger partial charge in [0, 0.05) is 18.3 Å². The lowest BCUT2D eigenvalue weighted by atomic mass is 10.3. The second-order valence-corrected chi connectivity index (χ2v) is 6.48. The third kappa shape index (κ3) is 4.14. The molecule has 2 heterocycles. The first-order chi connectivity index (χ1) is 10.1. The molecule has 0 unspecified atom stereocenters. The summed E-state index contributed by atoms with van der Waals surface area (Å²) < 4.78 is 0. The van der Waals surface area contributed by atoms with E-state index in [-0.39, 0.29) is 12.5 Å². The Kier molecular flexibility index (Phi) is 5.51. The van der Waals surface area contributed by atoms with Gasteiger partial charge >= 0.3 is 0 Å². The van der Waals surface area contributed by atoms with Crippen molar-refractivity contribution in [3.63, 3.8) is 0 Å². The second-order valence-electron chi connectivity index (χ2n) is 4.46. The molecule has 0 spiro atoms. The minimum Gasteiger partial charge on any atom is -0.395 e. The number of carbonyl (C=O) groups is 1. The van der Waals surface area contributed by atoms with Crippen molar-refractivity contribution in [2.45, 2.75) is 19.9 Å². The fraction of sp³-hybridized carbons (Fsp3) is 0.333. The van der Waals surface area contributed by atoms with Gasteiger partial charge in [0.25, 0.3) is 5.91 Å². The van der Waals surface area contributed by atoms with Crippen LogP contribution in [0.1, 0.15) is 31.5 Å². The molecule has 0 bridgehead atoms. The van der Waals surface area contributed by atoms with Crippen LogP contribution in [0.4, 0.5) is 0 Å². The Balaban J connectivity index is 2.03. The van der Waals surface area contributed by atoms with Crippen LogP contribution in [0.3, 0.4) is 0 Å². The van der Waals surface area contributed by atoms with E-state index in [0.29, 0.717) is 17.8 Å². The Hall–Kier alpha value is -1.68. The van der Waals surface area contributed by atoms with E-state index in [1.165, 1.54) is 11.3 Å². The molecule has 6 heteroatoms. The summed E-state index contributed by atoms with van der Waals surface area (Å²) in [4.78, 5) is 20.9. The Morgan fingerprint density at radius 1 is 1.48 bits per heavy atom. The maximum absolute atomic E-state index is 12.4. The highest BCUT2D eigenvalue weighted by Crippen LogP contribution is 2.20. The number of amides is 1. The molecule has 0 atom stereocenters. The number of rotatable bonds is 4. The number of thiophene rings is 1. The number of hydrogen-bond acceptors (Lipinski definition) is 5. The van der Waals surface area contributed by atoms with Gasteiger partial charge in [0.05, 0.1) is 34.1 Å². The molecular weight excluding hydrogens is 304 g/mol. The first-order valence-electron chi connectivity index (χ1n) is 6.46. The van der Waals surface area contributed by atoms with Gasteiger partial charge in [0.2, 0.25) is 0 Å². The number of aryl methyl sites for hydroxylation is 1. The predicted molar refractivity (Wildman–Crippen MR) is 85.5 cm³/mol. The summed E-state index contributed by atoms with van der Waals surface area (Å²) in [5.74, 6) is 5.79. The van der Waals surface area contributed by atoms with Gasteiger partial charge in [-0.15, -0.1) is 22.7 Å². The van der Waals surface area contributed by atoms with E-state index >= 15 is 0 Å². The van der Waals surface area contributed by atoms with Crippen LogP contribution in [0.15, 0.2) is 17.6 Å². The van der Waals surface area contributed by atoms with Gasteiger partial charge in [0.1, 0.15) is 0 Å². The van der Waals surface area contributed by atoms with Crippen LogP contribution in [0.2, 0.25) is 0 Å². The summed E-state index contributed by atoms with van der Waals surface area (Å²) in [6.45, 7) is 2.57. The van der Waals surface area contributed by atoms with Crippen LogP contribution in [-0.4, -0.2) is 34.6 Å². The lowest BCUT2D eigenvalue weighted by Crippen LogP contribution is -2.25. The van der Waals surface area contributed by atoms with Crippen LogP contribution < -0.4 is 0 Å². The molecule has 0 aliphatic rings. The third-order valence-corrected chi connectivity index (χ3v) is 4.75. The van der Waals surface area contributed by atoms with Gasteiger partial charge in [-0.05, 0) is 19.1 Å². The summed E-state index contributed by atoms with van der Waals surface area (Å²) in [6.07, 6.45) is 0.450. The standard InChI is InChI=1S/C15H16N2O2S2/c1-11-14(20-10-16-11)9-17(2)15(19)13-7-6-12(21-13)5-3-4-8-18/h6-7,10,18H,4,8-9H2,1-2H3. The van der Waals surface area contributed by atoms with E-state index in [0.717, 1.165) is 15.4 Å². The van der Waals surface area contributed by atoms with Crippen LogP contribution in [0.25, 0.3) is 0 Å². The molecular formula is C15H16N2O2S2. The molecule has 21 heavy (non-hydrogen) atoms. The maximum atomic E-state index is 12.4. The molecule has 0 fully saturated rings. The topological polar surface area (TPSA) is 53.4 Å². The zero-order valence-corrected chi connectivity index (χ0v) is 13.6. The van der Waals surface area contributed by atoms with E-state index < -0.39 is 0 Å². The minimum atomic E-state index is -0.0111. The van der Waals surface area contributed by atoms with Gasteiger partial charge in [0.15, 0.2) is 0 Å². The first-order valence-corrected chi connectivity index (χ1v) is 8.15. The smallest absolute Gasteiger partial charge is 0.264 e. The minimum absolute atomic E-state index is 0.0111. The second kappa shape index (κ2) is 7.36. The normalized spacial score (nSPS) is 10.0. The summed E-state index contributed by atoms with van der Waals surface area (Å²) in [5.41, 5.74) is 2.77. The Bertz CT molecular complexity index is 679. The highest BCUT2D eigenvalue weighted by molar-refractivity contribution is 7.14. The van der Waals surface area contributed by atoms with Crippen molar-refractivity contribution in [1.29, 1.82) is 0 Å². The highest BCUT2D eigenvalue weighted by Gasteiger charge is 2.15. The van der Waals surface area contributed by atoms with Gasteiger partial charge in [-0.3, -0.25) is 4.79 Å². The fourth-order valence-electron chi connectivity index (χ4n) is 1.68. The number of nitrogens with zero attached hydrogens (tertiary/aromatic N) is 2. The molecule has 0 radical (unpaired) electrons. The van der Waals surface area contributed by atoms with E-state index in [9.17, 15) is 4.79 Å². The quantitative estimate of drug-likeness (QED) is 0.881. The van der Waals surface area contributed by atoms with E-state index in [2.05, 4.69) is 16.8 Å². The van der Waals surface area contributed by atoms with Gasteiger partial charge in [-0.2, -0.15) is 0 Å². The molecule has 0 aliphatic heterocycles.